The number of anilines is 5. The molecule has 0 bridgehead atoms. The van der Waals surface area contributed by atoms with Crippen molar-refractivity contribution in [1.29, 1.82) is 0 Å². The number of nitrogens with one attached hydrogen (secondary N) is 1. The predicted molar refractivity (Wildman–Crippen MR) is 152 cm³/mol. The lowest BCUT2D eigenvalue weighted by molar-refractivity contribution is 0.315. The third kappa shape index (κ3) is 6.35. The summed E-state index contributed by atoms with van der Waals surface area (Å²) in [5, 5.41) is 2.91. The fraction of sp³-hybridized carbons (Fsp3) is 0.375. The molecule has 12 nitrogen and oxygen atoms in total. The number of likely N-dealkylation sites (N-methyl/N-ethyl adjacent to an activating group) is 1. The monoisotopic (exact) mass is 595 g/mol. The van der Waals surface area contributed by atoms with Gasteiger partial charge in [-0.2, -0.15) is 9.97 Å². The second kappa shape index (κ2) is 11.1. The van der Waals surface area contributed by atoms with E-state index in [1.54, 1.807) is 6.07 Å². The molecule has 15 heteroatoms. The number of hydrogen-bond acceptors (Lipinski definition) is 11. The molecule has 210 valence electrons. The van der Waals surface area contributed by atoms with Gasteiger partial charge in [-0.3, -0.25) is 0 Å². The smallest absolute Gasteiger partial charge is 0.239 e. The summed E-state index contributed by atoms with van der Waals surface area (Å²) in [6.45, 7) is 1.71. The number of sulfonamides is 1. The molecule has 4 rings (SSSR count). The molecule has 0 aliphatic carbocycles. The Kier molecular flexibility index (Phi) is 8.21. The number of methoxy groups -OCH3 is 1. The van der Waals surface area contributed by atoms with E-state index in [2.05, 4.69) is 44.2 Å². The number of aromatic nitrogens is 3. The first-order chi connectivity index (χ1) is 18.3. The van der Waals surface area contributed by atoms with Crippen LogP contribution in [0.1, 0.15) is 6.42 Å². The fourth-order valence-electron chi connectivity index (χ4n) is 4.30. The molecule has 3 aromatic rings. The van der Waals surface area contributed by atoms with Gasteiger partial charge in [0.25, 0.3) is 0 Å². The van der Waals surface area contributed by atoms with Gasteiger partial charge in [-0.05, 0) is 44.8 Å². The van der Waals surface area contributed by atoms with E-state index in [9.17, 15) is 16.8 Å². The van der Waals surface area contributed by atoms with Crippen LogP contribution in [0.15, 0.2) is 47.5 Å². The molecule has 0 amide bonds. The largest absolute Gasteiger partial charge is 0.479 e. The molecule has 0 spiro atoms. The normalized spacial score (nSPS) is 16.0. The van der Waals surface area contributed by atoms with Gasteiger partial charge in [0, 0.05) is 25.4 Å². The zero-order chi connectivity index (χ0) is 28.5. The summed E-state index contributed by atoms with van der Waals surface area (Å²) in [6.07, 6.45) is 4.18. The summed E-state index contributed by atoms with van der Waals surface area (Å²) < 4.78 is 57.0. The van der Waals surface area contributed by atoms with Crippen molar-refractivity contribution in [2.45, 2.75) is 17.4 Å². The van der Waals surface area contributed by atoms with E-state index in [-0.39, 0.29) is 27.4 Å². The van der Waals surface area contributed by atoms with E-state index in [1.165, 1.54) is 37.6 Å². The number of nitrogens with zero attached hydrogens (tertiary/aromatic N) is 6. The standard InChI is InChI=1S/C24H30ClN7O5S2/c1-30(2)16-12-13-31(15-16)21-11-10-18(23(28-21)37-3)27-24-26-14-17(25)22(29-24)32(39(5,35)36)19-8-6-7-9-20(19)38(4,33)34/h6-11,14,16H,12-13,15H2,1-5H3,(H,26,27,29). The Bertz CT molecular complexity index is 1590. The molecule has 1 aliphatic heterocycles. The fourth-order valence-corrected chi connectivity index (χ4v) is 6.42. The van der Waals surface area contributed by atoms with Crippen molar-refractivity contribution in [2.24, 2.45) is 0 Å². The number of ether oxygens (including phenoxy) is 1. The molecule has 3 heterocycles. The third-order valence-electron chi connectivity index (χ3n) is 6.24. The van der Waals surface area contributed by atoms with Crippen molar-refractivity contribution >= 4 is 60.4 Å². The van der Waals surface area contributed by atoms with Crippen molar-refractivity contribution in [3.63, 3.8) is 0 Å². The van der Waals surface area contributed by atoms with Gasteiger partial charge in [0.1, 0.15) is 16.5 Å². The summed E-state index contributed by atoms with van der Waals surface area (Å²) in [5.74, 6) is 0.841. The van der Waals surface area contributed by atoms with Crippen LogP contribution in [0.3, 0.4) is 0 Å². The molecule has 2 aromatic heterocycles. The Balaban J connectivity index is 1.71. The van der Waals surface area contributed by atoms with Crippen molar-refractivity contribution in [3.8, 4) is 5.88 Å². The van der Waals surface area contributed by atoms with Crippen LogP contribution in [-0.2, 0) is 19.9 Å². The lowest BCUT2D eigenvalue weighted by Crippen LogP contribution is -2.31. The number of hydrogen-bond donors (Lipinski definition) is 1. The summed E-state index contributed by atoms with van der Waals surface area (Å²) in [7, 11) is -2.27. The lowest BCUT2D eigenvalue weighted by atomic mass is 10.2. The van der Waals surface area contributed by atoms with E-state index in [0.717, 1.165) is 42.1 Å². The molecule has 39 heavy (non-hydrogen) atoms. The second-order valence-corrected chi connectivity index (χ2v) is 13.6. The quantitative estimate of drug-likeness (QED) is 0.391. The number of rotatable bonds is 9. The Morgan fingerprint density at radius 3 is 2.41 bits per heavy atom. The molecular formula is C24H30ClN7O5S2. The maximum Gasteiger partial charge on any atom is 0.239 e. The predicted octanol–water partition coefficient (Wildman–Crippen LogP) is 2.92. The average Bonchev–Trinajstić information content (AvgIpc) is 3.36. The van der Waals surface area contributed by atoms with E-state index in [1.807, 2.05) is 6.07 Å². The zero-order valence-electron chi connectivity index (χ0n) is 22.2. The Morgan fingerprint density at radius 2 is 1.79 bits per heavy atom. The van der Waals surface area contributed by atoms with Gasteiger partial charge in [0.15, 0.2) is 15.7 Å². The van der Waals surface area contributed by atoms with Gasteiger partial charge >= 0.3 is 0 Å². The highest BCUT2D eigenvalue weighted by Gasteiger charge is 2.30. The molecule has 0 saturated carbocycles. The summed E-state index contributed by atoms with van der Waals surface area (Å²) in [4.78, 5) is 17.3. The van der Waals surface area contributed by atoms with Gasteiger partial charge in [-0.1, -0.05) is 23.7 Å². The number of sulfone groups is 1. The first-order valence-corrected chi connectivity index (χ1v) is 16.0. The number of para-hydroxylation sites is 1. The van der Waals surface area contributed by atoms with Crippen molar-refractivity contribution in [1.82, 2.24) is 19.9 Å². The van der Waals surface area contributed by atoms with Crippen LogP contribution in [0.25, 0.3) is 0 Å². The maximum atomic E-state index is 12.9. The van der Waals surface area contributed by atoms with E-state index < -0.39 is 19.9 Å². The van der Waals surface area contributed by atoms with Crippen LogP contribution in [0.4, 0.5) is 29.0 Å². The Hall–Kier alpha value is -3.20. The molecule has 1 aromatic carbocycles. The van der Waals surface area contributed by atoms with Gasteiger partial charge in [0.2, 0.25) is 21.9 Å². The summed E-state index contributed by atoms with van der Waals surface area (Å²) in [5.41, 5.74) is 0.333. The maximum absolute atomic E-state index is 12.9. The molecule has 0 radical (unpaired) electrons. The highest BCUT2D eigenvalue weighted by Crippen LogP contribution is 2.37. The summed E-state index contributed by atoms with van der Waals surface area (Å²) in [6, 6.07) is 9.77. The average molecular weight is 596 g/mol. The Labute approximate surface area is 233 Å². The third-order valence-corrected chi connectivity index (χ3v) is 8.68. The molecule has 1 N–H and O–H groups in total. The minimum Gasteiger partial charge on any atom is -0.479 e. The molecule has 1 unspecified atom stereocenters. The van der Waals surface area contributed by atoms with Gasteiger partial charge in [-0.15, -0.1) is 0 Å². The van der Waals surface area contributed by atoms with Gasteiger partial charge in [0.05, 0.1) is 30.1 Å². The topological polar surface area (TPSA) is 138 Å². The minimum absolute atomic E-state index is 0.00146. The highest BCUT2D eigenvalue weighted by atomic mass is 35.5. The van der Waals surface area contributed by atoms with Crippen LogP contribution in [-0.4, -0.2) is 89.5 Å². The van der Waals surface area contributed by atoms with Gasteiger partial charge < -0.3 is 19.9 Å². The van der Waals surface area contributed by atoms with Crippen LogP contribution >= 0.6 is 11.6 Å². The first kappa shape index (κ1) is 28.8. The molecule has 1 fully saturated rings. The Morgan fingerprint density at radius 1 is 1.08 bits per heavy atom. The summed E-state index contributed by atoms with van der Waals surface area (Å²) >= 11 is 6.35. The zero-order valence-corrected chi connectivity index (χ0v) is 24.5. The van der Waals surface area contributed by atoms with Crippen LogP contribution in [0, 0.1) is 0 Å². The van der Waals surface area contributed by atoms with Crippen molar-refractivity contribution in [2.75, 3.05) is 61.3 Å². The van der Waals surface area contributed by atoms with E-state index >= 15 is 0 Å². The van der Waals surface area contributed by atoms with Crippen LogP contribution in [0.5, 0.6) is 5.88 Å². The van der Waals surface area contributed by atoms with Crippen LogP contribution < -0.4 is 19.3 Å². The van der Waals surface area contributed by atoms with Gasteiger partial charge in [-0.25, -0.2) is 26.1 Å². The first-order valence-electron chi connectivity index (χ1n) is 11.8. The van der Waals surface area contributed by atoms with E-state index in [0.29, 0.717) is 17.6 Å². The lowest BCUT2D eigenvalue weighted by Gasteiger charge is -2.24. The second-order valence-electron chi connectivity index (χ2n) is 9.34. The van der Waals surface area contributed by atoms with Crippen molar-refractivity contribution in [3.05, 3.63) is 47.6 Å². The molecule has 1 atom stereocenters. The van der Waals surface area contributed by atoms with Crippen LogP contribution in [0.2, 0.25) is 5.02 Å². The van der Waals surface area contributed by atoms with Crippen molar-refractivity contribution < 1.29 is 21.6 Å². The molecule has 1 aliphatic rings. The number of pyridine rings is 1. The minimum atomic E-state index is -4.08. The number of halogens is 1. The molecular weight excluding hydrogens is 566 g/mol. The number of benzene rings is 1. The van der Waals surface area contributed by atoms with E-state index in [4.69, 9.17) is 16.3 Å². The molecule has 1 saturated heterocycles. The SMILES string of the molecule is COc1nc(N2CCC(N(C)C)C2)ccc1Nc1ncc(Cl)c(N(c2ccccc2S(C)(=O)=O)S(C)(=O)=O)n1. The highest BCUT2D eigenvalue weighted by molar-refractivity contribution is 7.93.